The smallest absolute Gasteiger partial charge is 0.255 e. The number of carbonyl (C=O) groups is 1. The first-order valence-electron chi connectivity index (χ1n) is 7.06. The molecule has 116 valence electrons. The number of hydrogen-bond donors (Lipinski definition) is 1. The van der Waals surface area contributed by atoms with E-state index in [1.54, 1.807) is 12.1 Å². The second-order valence-electron chi connectivity index (χ2n) is 5.85. The van der Waals surface area contributed by atoms with Crippen LogP contribution in [0.1, 0.15) is 29.6 Å². The molecule has 1 aromatic carbocycles. The van der Waals surface area contributed by atoms with Gasteiger partial charge in [-0.1, -0.05) is 34.0 Å². The van der Waals surface area contributed by atoms with E-state index in [0.29, 0.717) is 22.4 Å². The molecule has 3 rings (SSSR count). The van der Waals surface area contributed by atoms with E-state index < -0.39 is 0 Å². The van der Waals surface area contributed by atoms with Gasteiger partial charge in [-0.2, -0.15) is 0 Å². The molecule has 1 aliphatic heterocycles. The molecule has 3 nitrogen and oxygen atoms in total. The summed E-state index contributed by atoms with van der Waals surface area (Å²) in [5.41, 5.74) is 6.78. The minimum atomic E-state index is 0. The first-order valence-corrected chi connectivity index (χ1v) is 8.23. The molecule has 0 bridgehead atoms. The number of carbonyl (C=O) groups excluding carboxylic acids is 1. The van der Waals surface area contributed by atoms with Gasteiger partial charge in [0.25, 0.3) is 5.91 Å². The van der Waals surface area contributed by atoms with Gasteiger partial charge < -0.3 is 10.6 Å². The maximum absolute atomic E-state index is 12.6. The third kappa shape index (κ3) is 3.39. The summed E-state index contributed by atoms with van der Waals surface area (Å²) in [6.07, 6.45) is 3.46. The van der Waals surface area contributed by atoms with Crippen molar-refractivity contribution >= 4 is 45.8 Å². The number of nitrogens with zero attached hydrogens (tertiary/aromatic N) is 1. The summed E-state index contributed by atoms with van der Waals surface area (Å²) in [4.78, 5) is 14.6. The molecular weight excluding hydrogens is 375 g/mol. The lowest BCUT2D eigenvalue weighted by Gasteiger charge is -2.29. The number of fused-ring (bicyclic) bond motifs is 1. The van der Waals surface area contributed by atoms with Gasteiger partial charge in [-0.05, 0) is 42.9 Å². The zero-order valence-corrected chi connectivity index (χ0v) is 14.8. The Morgan fingerprint density at radius 3 is 2.81 bits per heavy atom. The minimum absolute atomic E-state index is 0. The number of amides is 1. The van der Waals surface area contributed by atoms with Crippen molar-refractivity contribution in [3.63, 3.8) is 0 Å². The Hall–Kier alpha value is -0.290. The molecule has 3 unspecified atom stereocenters. The van der Waals surface area contributed by atoms with Crippen molar-refractivity contribution in [1.29, 1.82) is 0 Å². The summed E-state index contributed by atoms with van der Waals surface area (Å²) in [5, 5.41) is 0.511. The van der Waals surface area contributed by atoms with Gasteiger partial charge in [0.15, 0.2) is 0 Å². The number of nitrogens with two attached hydrogens (primary N) is 1. The fraction of sp³-hybridized carbons (Fsp3) is 0.533. The van der Waals surface area contributed by atoms with Crippen LogP contribution in [0.3, 0.4) is 0 Å². The van der Waals surface area contributed by atoms with Crippen molar-refractivity contribution in [2.45, 2.75) is 25.3 Å². The molecule has 2 N–H and O–H groups in total. The number of rotatable bonds is 1. The van der Waals surface area contributed by atoms with Gasteiger partial charge in [0, 0.05) is 23.6 Å². The van der Waals surface area contributed by atoms with Crippen molar-refractivity contribution in [2.24, 2.45) is 17.6 Å². The van der Waals surface area contributed by atoms with Crippen LogP contribution in [0.15, 0.2) is 22.7 Å². The first kappa shape index (κ1) is 17.1. The average Bonchev–Trinajstić information content (AvgIpc) is 2.86. The molecule has 1 heterocycles. The van der Waals surface area contributed by atoms with Gasteiger partial charge in [-0.25, -0.2) is 0 Å². The van der Waals surface area contributed by atoms with Crippen molar-refractivity contribution in [3.8, 4) is 0 Å². The summed E-state index contributed by atoms with van der Waals surface area (Å²) in [7, 11) is 0. The van der Waals surface area contributed by atoms with E-state index in [2.05, 4.69) is 15.9 Å². The molecule has 6 heteroatoms. The lowest BCUT2D eigenvalue weighted by molar-refractivity contribution is 0.0783. The maximum Gasteiger partial charge on any atom is 0.255 e. The van der Waals surface area contributed by atoms with E-state index in [1.807, 2.05) is 11.0 Å². The quantitative estimate of drug-likeness (QED) is 0.790. The number of halogens is 3. The second kappa shape index (κ2) is 6.86. The molecule has 2 fully saturated rings. The molecule has 1 aromatic rings. The molecule has 2 aliphatic rings. The Bertz CT molecular complexity index is 540. The fourth-order valence-electron chi connectivity index (χ4n) is 3.51. The number of benzene rings is 1. The van der Waals surface area contributed by atoms with Crippen molar-refractivity contribution in [1.82, 2.24) is 4.90 Å². The summed E-state index contributed by atoms with van der Waals surface area (Å²) in [5.74, 6) is 1.05. The van der Waals surface area contributed by atoms with Gasteiger partial charge in [0.2, 0.25) is 0 Å². The average molecular weight is 394 g/mol. The molecular formula is C15H19BrCl2N2O. The van der Waals surface area contributed by atoms with Gasteiger partial charge in [0.1, 0.15) is 0 Å². The van der Waals surface area contributed by atoms with E-state index in [-0.39, 0.29) is 24.4 Å². The van der Waals surface area contributed by atoms with Crippen molar-refractivity contribution in [2.75, 3.05) is 13.1 Å². The standard InChI is InChI=1S/C15H18BrClN2O.ClH/c16-10-4-5-13(17)11(6-10)15(20)19-7-9-2-1-3-14(18)12(9)8-19;/h4-6,9,12,14H,1-3,7-8,18H2;1H. The predicted molar refractivity (Wildman–Crippen MR) is 91.1 cm³/mol. The molecule has 1 saturated carbocycles. The monoisotopic (exact) mass is 392 g/mol. The van der Waals surface area contributed by atoms with Crippen LogP contribution in [0, 0.1) is 11.8 Å². The molecule has 0 spiro atoms. The SMILES string of the molecule is Cl.NC1CCCC2CN(C(=O)c3cc(Br)ccc3Cl)CC12. The van der Waals surface area contributed by atoms with Gasteiger partial charge >= 0.3 is 0 Å². The van der Waals surface area contributed by atoms with Gasteiger partial charge in [-0.15, -0.1) is 12.4 Å². The lowest BCUT2D eigenvalue weighted by atomic mass is 9.78. The lowest BCUT2D eigenvalue weighted by Crippen LogP contribution is -2.38. The van der Waals surface area contributed by atoms with Crippen molar-refractivity contribution < 1.29 is 4.79 Å². The zero-order valence-electron chi connectivity index (χ0n) is 11.6. The Labute approximate surface area is 144 Å². The van der Waals surface area contributed by atoms with Crippen LogP contribution in [0.4, 0.5) is 0 Å². The Morgan fingerprint density at radius 1 is 1.33 bits per heavy atom. The summed E-state index contributed by atoms with van der Waals surface area (Å²) in [6, 6.07) is 5.64. The first-order chi connectivity index (χ1) is 9.56. The van der Waals surface area contributed by atoms with E-state index in [9.17, 15) is 4.79 Å². The summed E-state index contributed by atoms with van der Waals surface area (Å²) >= 11 is 9.55. The van der Waals surface area contributed by atoms with E-state index in [1.165, 1.54) is 12.8 Å². The van der Waals surface area contributed by atoms with Crippen LogP contribution in [0.25, 0.3) is 0 Å². The highest BCUT2D eigenvalue weighted by atomic mass is 79.9. The van der Waals surface area contributed by atoms with Crippen LogP contribution in [0.5, 0.6) is 0 Å². The highest BCUT2D eigenvalue weighted by molar-refractivity contribution is 9.10. The second-order valence-corrected chi connectivity index (χ2v) is 7.18. The highest BCUT2D eigenvalue weighted by Crippen LogP contribution is 2.36. The predicted octanol–water partition coefficient (Wildman–Crippen LogP) is 3.72. The topological polar surface area (TPSA) is 46.3 Å². The third-order valence-electron chi connectivity index (χ3n) is 4.60. The number of hydrogen-bond acceptors (Lipinski definition) is 2. The van der Waals surface area contributed by atoms with Crippen LogP contribution in [-0.2, 0) is 0 Å². The Morgan fingerprint density at radius 2 is 2.10 bits per heavy atom. The van der Waals surface area contributed by atoms with Gasteiger partial charge in [0.05, 0.1) is 10.6 Å². The molecule has 1 amide bonds. The zero-order chi connectivity index (χ0) is 14.3. The Kier molecular flexibility index (Phi) is 5.58. The fourth-order valence-corrected chi connectivity index (χ4v) is 4.07. The van der Waals surface area contributed by atoms with E-state index >= 15 is 0 Å². The van der Waals surface area contributed by atoms with Crippen molar-refractivity contribution in [3.05, 3.63) is 33.3 Å². The van der Waals surface area contributed by atoms with Crippen LogP contribution >= 0.6 is 39.9 Å². The summed E-state index contributed by atoms with van der Waals surface area (Å²) < 4.78 is 0.874. The highest BCUT2D eigenvalue weighted by Gasteiger charge is 2.40. The van der Waals surface area contributed by atoms with E-state index in [4.69, 9.17) is 17.3 Å². The van der Waals surface area contributed by atoms with Crippen LogP contribution in [-0.4, -0.2) is 29.9 Å². The van der Waals surface area contributed by atoms with Crippen LogP contribution in [0.2, 0.25) is 5.02 Å². The largest absolute Gasteiger partial charge is 0.338 e. The van der Waals surface area contributed by atoms with Gasteiger partial charge in [-0.3, -0.25) is 4.79 Å². The maximum atomic E-state index is 12.6. The van der Waals surface area contributed by atoms with Crippen LogP contribution < -0.4 is 5.73 Å². The Balaban J connectivity index is 0.00000161. The molecule has 0 aromatic heterocycles. The molecule has 1 aliphatic carbocycles. The normalized spacial score (nSPS) is 28.0. The summed E-state index contributed by atoms with van der Waals surface area (Å²) in [6.45, 7) is 1.59. The number of likely N-dealkylation sites (tertiary alicyclic amines) is 1. The molecule has 0 radical (unpaired) electrons. The molecule has 21 heavy (non-hydrogen) atoms. The van der Waals surface area contributed by atoms with E-state index in [0.717, 1.165) is 24.0 Å². The molecule has 1 saturated heterocycles. The third-order valence-corrected chi connectivity index (χ3v) is 5.42. The molecule has 3 atom stereocenters. The minimum Gasteiger partial charge on any atom is -0.338 e.